The lowest BCUT2D eigenvalue weighted by atomic mass is 10.2. The van der Waals surface area contributed by atoms with Gasteiger partial charge in [0.15, 0.2) is 5.69 Å². The van der Waals surface area contributed by atoms with Crippen LogP contribution < -0.4 is 4.74 Å². The van der Waals surface area contributed by atoms with Crippen molar-refractivity contribution in [2.75, 3.05) is 7.11 Å². The predicted octanol–water partition coefficient (Wildman–Crippen LogP) is 3.67. The molecule has 1 N–H and O–H groups in total. The Balaban J connectivity index is 1.71. The van der Waals surface area contributed by atoms with Crippen molar-refractivity contribution in [3.05, 3.63) is 65.9 Å². The predicted molar refractivity (Wildman–Crippen MR) is 87.9 cm³/mol. The molecule has 116 valence electrons. The van der Waals surface area contributed by atoms with Gasteiger partial charge in [-0.15, -0.1) is 0 Å². The summed E-state index contributed by atoms with van der Waals surface area (Å²) in [5.41, 5.74) is 2.16. The van der Waals surface area contributed by atoms with Crippen LogP contribution in [0.5, 0.6) is 11.7 Å². The van der Waals surface area contributed by atoms with E-state index in [4.69, 9.17) is 9.15 Å². The van der Waals surface area contributed by atoms with E-state index >= 15 is 0 Å². The Morgan fingerprint density at radius 1 is 1.13 bits per heavy atom. The zero-order valence-electron chi connectivity index (χ0n) is 12.6. The third-order valence-corrected chi connectivity index (χ3v) is 3.30. The summed E-state index contributed by atoms with van der Waals surface area (Å²) in [5, 5.41) is 9.82. The van der Waals surface area contributed by atoms with Crippen molar-refractivity contribution in [2.45, 2.75) is 6.54 Å². The van der Waals surface area contributed by atoms with Gasteiger partial charge in [0.2, 0.25) is 5.89 Å². The topological polar surface area (TPSA) is 67.9 Å². The van der Waals surface area contributed by atoms with Gasteiger partial charge in [0.1, 0.15) is 5.75 Å². The molecule has 23 heavy (non-hydrogen) atoms. The summed E-state index contributed by atoms with van der Waals surface area (Å²) in [6, 6.07) is 17.0. The molecule has 0 aliphatic heterocycles. The number of oxazole rings is 1. The maximum absolute atomic E-state index is 9.82. The van der Waals surface area contributed by atoms with E-state index in [1.807, 2.05) is 54.6 Å². The zero-order chi connectivity index (χ0) is 16.1. The van der Waals surface area contributed by atoms with Gasteiger partial charge in [0.05, 0.1) is 19.9 Å². The number of rotatable bonds is 5. The molecular formula is C18H16N2O3. The molecule has 0 bridgehead atoms. The summed E-state index contributed by atoms with van der Waals surface area (Å²) < 4.78 is 10.4. The highest BCUT2D eigenvalue weighted by atomic mass is 16.5. The van der Waals surface area contributed by atoms with E-state index in [0.29, 0.717) is 18.1 Å². The van der Waals surface area contributed by atoms with Crippen molar-refractivity contribution in [2.24, 2.45) is 4.99 Å². The molecule has 0 fully saturated rings. The summed E-state index contributed by atoms with van der Waals surface area (Å²) in [6.07, 6.45) is 1.51. The average Bonchev–Trinajstić information content (AvgIpc) is 2.97. The van der Waals surface area contributed by atoms with Crippen molar-refractivity contribution in [1.82, 2.24) is 4.98 Å². The van der Waals surface area contributed by atoms with E-state index < -0.39 is 0 Å². The van der Waals surface area contributed by atoms with Crippen LogP contribution in [-0.4, -0.2) is 23.4 Å². The first-order chi connectivity index (χ1) is 11.3. The van der Waals surface area contributed by atoms with Gasteiger partial charge in [0.25, 0.3) is 0 Å². The number of aliphatic imine (C=N–C) groups is 1. The number of hydrogen-bond acceptors (Lipinski definition) is 5. The van der Waals surface area contributed by atoms with E-state index in [9.17, 15) is 5.11 Å². The van der Waals surface area contributed by atoms with Crippen LogP contribution in [0.4, 0.5) is 0 Å². The number of aromatic hydroxyl groups is 1. The van der Waals surface area contributed by atoms with Crippen LogP contribution in [0.2, 0.25) is 0 Å². The number of benzene rings is 2. The first-order valence-corrected chi connectivity index (χ1v) is 7.14. The van der Waals surface area contributed by atoms with Crippen molar-refractivity contribution in [3.63, 3.8) is 0 Å². The van der Waals surface area contributed by atoms with E-state index in [1.54, 1.807) is 7.11 Å². The summed E-state index contributed by atoms with van der Waals surface area (Å²) in [7, 11) is 1.63. The minimum Gasteiger partial charge on any atom is -0.497 e. The van der Waals surface area contributed by atoms with Crippen LogP contribution in [0, 0.1) is 0 Å². The van der Waals surface area contributed by atoms with Gasteiger partial charge in [-0.05, 0) is 29.8 Å². The third kappa shape index (κ3) is 3.58. The molecule has 0 aliphatic carbocycles. The van der Waals surface area contributed by atoms with E-state index in [1.165, 1.54) is 6.21 Å². The minimum absolute atomic E-state index is 0.234. The molecule has 2 aromatic carbocycles. The fraction of sp³-hybridized carbons (Fsp3) is 0.111. The zero-order valence-corrected chi connectivity index (χ0v) is 12.6. The van der Waals surface area contributed by atoms with E-state index in [2.05, 4.69) is 9.98 Å². The Labute approximate surface area is 133 Å². The quantitative estimate of drug-likeness (QED) is 0.730. The first kappa shape index (κ1) is 14.8. The Bertz CT molecular complexity index is 793. The molecular weight excluding hydrogens is 292 g/mol. The van der Waals surface area contributed by atoms with Crippen molar-refractivity contribution in [3.8, 4) is 23.1 Å². The monoisotopic (exact) mass is 308 g/mol. The van der Waals surface area contributed by atoms with Gasteiger partial charge in [-0.3, -0.25) is 4.99 Å². The Morgan fingerprint density at radius 3 is 2.57 bits per heavy atom. The molecule has 0 spiro atoms. The minimum atomic E-state index is -0.234. The van der Waals surface area contributed by atoms with Crippen molar-refractivity contribution >= 4 is 6.21 Å². The lowest BCUT2D eigenvalue weighted by molar-refractivity contribution is 0.337. The number of methoxy groups -OCH3 is 1. The highest BCUT2D eigenvalue weighted by Crippen LogP contribution is 2.25. The molecule has 0 amide bonds. The standard InChI is InChI=1S/C18H16N2O3/c1-22-15-9-7-13(8-10-15)11-19-12-16-18(21)23-17(20-16)14-5-3-2-4-6-14/h2-10,12,21H,11H2,1H3. The van der Waals surface area contributed by atoms with Crippen molar-refractivity contribution in [1.29, 1.82) is 0 Å². The van der Waals surface area contributed by atoms with Gasteiger partial charge in [-0.2, -0.15) is 0 Å². The molecule has 0 atom stereocenters. The number of ether oxygens (including phenoxy) is 1. The fourth-order valence-corrected chi connectivity index (χ4v) is 2.08. The molecule has 5 nitrogen and oxygen atoms in total. The molecule has 3 rings (SSSR count). The normalized spacial score (nSPS) is 11.0. The SMILES string of the molecule is COc1ccc(CN=Cc2nc(-c3ccccc3)oc2O)cc1. The first-order valence-electron chi connectivity index (χ1n) is 7.14. The second-order valence-corrected chi connectivity index (χ2v) is 4.89. The summed E-state index contributed by atoms with van der Waals surface area (Å²) in [5.74, 6) is 0.940. The Kier molecular flexibility index (Phi) is 4.38. The summed E-state index contributed by atoms with van der Waals surface area (Å²) >= 11 is 0. The van der Waals surface area contributed by atoms with Crippen LogP contribution in [-0.2, 0) is 6.54 Å². The maximum Gasteiger partial charge on any atom is 0.312 e. The number of aromatic nitrogens is 1. The molecule has 3 aromatic rings. The summed E-state index contributed by atoms with van der Waals surface area (Å²) in [6.45, 7) is 0.483. The van der Waals surface area contributed by atoms with E-state index in [-0.39, 0.29) is 5.95 Å². The largest absolute Gasteiger partial charge is 0.497 e. The Hall–Kier alpha value is -3.08. The molecule has 1 heterocycles. The van der Waals surface area contributed by atoms with Gasteiger partial charge >= 0.3 is 5.95 Å². The second kappa shape index (κ2) is 6.79. The maximum atomic E-state index is 9.82. The van der Waals surface area contributed by atoms with Crippen LogP contribution in [0.3, 0.4) is 0 Å². The summed E-state index contributed by atoms with van der Waals surface area (Å²) in [4.78, 5) is 8.54. The highest BCUT2D eigenvalue weighted by molar-refractivity contribution is 5.80. The van der Waals surface area contributed by atoms with E-state index in [0.717, 1.165) is 16.9 Å². The van der Waals surface area contributed by atoms with Gasteiger partial charge < -0.3 is 14.3 Å². The lowest BCUT2D eigenvalue weighted by Crippen LogP contribution is -1.87. The van der Waals surface area contributed by atoms with Crippen LogP contribution in [0.1, 0.15) is 11.3 Å². The smallest absolute Gasteiger partial charge is 0.312 e. The molecule has 0 unspecified atom stereocenters. The van der Waals surface area contributed by atoms with Crippen LogP contribution >= 0.6 is 0 Å². The lowest BCUT2D eigenvalue weighted by Gasteiger charge is -2.00. The Morgan fingerprint density at radius 2 is 1.87 bits per heavy atom. The molecule has 0 saturated carbocycles. The van der Waals surface area contributed by atoms with Gasteiger partial charge in [0, 0.05) is 5.56 Å². The van der Waals surface area contributed by atoms with Crippen molar-refractivity contribution < 1.29 is 14.3 Å². The van der Waals surface area contributed by atoms with Crippen LogP contribution in [0.25, 0.3) is 11.5 Å². The molecule has 0 aliphatic rings. The molecule has 0 radical (unpaired) electrons. The fourth-order valence-electron chi connectivity index (χ4n) is 2.08. The van der Waals surface area contributed by atoms with Gasteiger partial charge in [-0.25, -0.2) is 4.98 Å². The van der Waals surface area contributed by atoms with Crippen LogP contribution in [0.15, 0.2) is 64.0 Å². The third-order valence-electron chi connectivity index (χ3n) is 3.30. The highest BCUT2D eigenvalue weighted by Gasteiger charge is 2.11. The number of hydrogen-bond donors (Lipinski definition) is 1. The molecule has 5 heteroatoms. The molecule has 1 aromatic heterocycles. The number of nitrogens with zero attached hydrogens (tertiary/aromatic N) is 2. The average molecular weight is 308 g/mol. The van der Waals surface area contributed by atoms with Gasteiger partial charge in [-0.1, -0.05) is 30.3 Å². The second-order valence-electron chi connectivity index (χ2n) is 4.89. The molecule has 0 saturated heterocycles.